The highest BCUT2D eigenvalue weighted by atomic mass is 16.5. The maximum absolute atomic E-state index is 13.4. The fraction of sp³-hybridized carbons (Fsp3) is 0.593. The molecule has 4 rings (SSSR count). The van der Waals surface area contributed by atoms with Gasteiger partial charge in [0.05, 0.1) is 25.7 Å². The number of hydrogen-bond acceptors (Lipinski definition) is 8. The summed E-state index contributed by atoms with van der Waals surface area (Å²) in [5, 5.41) is 23.6. The van der Waals surface area contributed by atoms with Crippen LogP contribution in [0.4, 0.5) is 0 Å². The maximum Gasteiger partial charge on any atom is 0.249 e. The van der Waals surface area contributed by atoms with Gasteiger partial charge >= 0.3 is 0 Å². The molecule has 0 radical (unpaired) electrons. The summed E-state index contributed by atoms with van der Waals surface area (Å²) in [5.74, 6) is -0.699. The third kappa shape index (κ3) is 5.37. The molecule has 4 atom stereocenters. The van der Waals surface area contributed by atoms with E-state index in [1.807, 2.05) is 6.92 Å². The van der Waals surface area contributed by atoms with Crippen LogP contribution in [-0.4, -0.2) is 91.0 Å². The van der Waals surface area contributed by atoms with E-state index in [-0.39, 0.29) is 31.7 Å². The highest BCUT2D eigenvalue weighted by Gasteiger charge is 2.52. The molecule has 4 unspecified atom stereocenters. The van der Waals surface area contributed by atoms with Crippen LogP contribution in [0.2, 0.25) is 0 Å². The van der Waals surface area contributed by atoms with Gasteiger partial charge in [-0.15, -0.1) is 0 Å². The molecule has 202 valence electrons. The molecule has 0 aromatic heterocycles. The van der Waals surface area contributed by atoms with Crippen LogP contribution in [0.5, 0.6) is 11.5 Å². The Balaban J connectivity index is 1.80. The second-order valence-electron chi connectivity index (χ2n) is 9.63. The van der Waals surface area contributed by atoms with Crippen molar-refractivity contribution in [2.45, 2.75) is 69.2 Å². The number of aliphatic hydroxyl groups is 2. The molecule has 3 aliphatic rings. The predicted octanol–water partition coefficient (Wildman–Crippen LogP) is 1.33. The number of nitrogens with zero attached hydrogens (tertiary/aromatic N) is 1. The Kier molecular flexibility index (Phi) is 8.83. The number of methoxy groups -OCH3 is 1. The summed E-state index contributed by atoms with van der Waals surface area (Å²) in [7, 11) is 1.46. The average molecular weight is 517 g/mol. The fourth-order valence-corrected chi connectivity index (χ4v) is 5.77. The molecule has 1 aliphatic heterocycles. The van der Waals surface area contributed by atoms with E-state index in [1.54, 1.807) is 23.1 Å². The lowest BCUT2D eigenvalue weighted by Crippen LogP contribution is -2.59. The quantitative estimate of drug-likeness (QED) is 0.397. The van der Waals surface area contributed by atoms with Crippen molar-refractivity contribution >= 4 is 18.1 Å². The number of amides is 2. The van der Waals surface area contributed by atoms with Crippen LogP contribution in [-0.2, 0) is 14.3 Å². The molecule has 1 heterocycles. The Morgan fingerprint density at radius 1 is 1.24 bits per heavy atom. The van der Waals surface area contributed by atoms with Crippen molar-refractivity contribution in [1.82, 2.24) is 10.2 Å². The standard InChI is InChI=1S/C27H36N2O8/c1-3-36-15-22(32)29(17-7-5-4-6-8-17)20-13-19(27(34)28-9-10-30)23-18-11-16(14-31)12-21(35-2)25(18)37-26(23)24(20)33/h11-14,17,20,23-24,26,30,33H,3-10,15H2,1-2H3,(H,28,34). The van der Waals surface area contributed by atoms with Crippen LogP contribution in [0.3, 0.4) is 0 Å². The monoisotopic (exact) mass is 516 g/mol. The van der Waals surface area contributed by atoms with E-state index >= 15 is 0 Å². The van der Waals surface area contributed by atoms with Gasteiger partial charge in [0, 0.05) is 35.9 Å². The van der Waals surface area contributed by atoms with Gasteiger partial charge in [-0.1, -0.05) is 19.3 Å². The molecule has 10 heteroatoms. The van der Waals surface area contributed by atoms with E-state index in [1.165, 1.54) is 7.11 Å². The van der Waals surface area contributed by atoms with E-state index in [2.05, 4.69) is 5.32 Å². The zero-order valence-corrected chi connectivity index (χ0v) is 21.4. The molecule has 0 bridgehead atoms. The minimum Gasteiger partial charge on any atom is -0.493 e. The lowest BCUT2D eigenvalue weighted by atomic mass is 9.76. The van der Waals surface area contributed by atoms with Gasteiger partial charge in [0.1, 0.15) is 25.1 Å². The van der Waals surface area contributed by atoms with E-state index in [9.17, 15) is 24.6 Å². The van der Waals surface area contributed by atoms with E-state index in [4.69, 9.17) is 14.2 Å². The Labute approximate surface area is 216 Å². The predicted molar refractivity (Wildman–Crippen MR) is 134 cm³/mol. The number of nitrogens with one attached hydrogen (secondary N) is 1. The van der Waals surface area contributed by atoms with E-state index in [0.29, 0.717) is 41.1 Å². The Morgan fingerprint density at radius 3 is 2.65 bits per heavy atom. The average Bonchev–Trinajstić information content (AvgIpc) is 3.32. The molecular weight excluding hydrogens is 480 g/mol. The summed E-state index contributed by atoms with van der Waals surface area (Å²) in [4.78, 5) is 40.1. The van der Waals surface area contributed by atoms with Gasteiger partial charge in [0.15, 0.2) is 11.5 Å². The third-order valence-corrected chi connectivity index (χ3v) is 7.42. The number of hydrogen-bond donors (Lipinski definition) is 3. The zero-order valence-electron chi connectivity index (χ0n) is 21.4. The van der Waals surface area contributed by atoms with Crippen molar-refractivity contribution in [1.29, 1.82) is 0 Å². The largest absolute Gasteiger partial charge is 0.493 e. The van der Waals surface area contributed by atoms with Crippen molar-refractivity contribution in [3.05, 3.63) is 34.9 Å². The molecule has 2 aliphatic carbocycles. The molecule has 0 saturated heterocycles. The molecule has 3 N–H and O–H groups in total. The number of aldehydes is 1. The lowest BCUT2D eigenvalue weighted by molar-refractivity contribution is -0.146. The number of rotatable bonds is 10. The molecule has 2 amide bonds. The van der Waals surface area contributed by atoms with E-state index < -0.39 is 30.1 Å². The number of benzene rings is 1. The Hall–Kier alpha value is -2.95. The van der Waals surface area contributed by atoms with Crippen LogP contribution in [0.15, 0.2) is 23.8 Å². The number of carbonyl (C=O) groups excluding carboxylic acids is 3. The van der Waals surface area contributed by atoms with Crippen molar-refractivity contribution < 1.29 is 38.8 Å². The first-order chi connectivity index (χ1) is 17.9. The molecule has 1 fully saturated rings. The van der Waals surface area contributed by atoms with Gasteiger partial charge in [-0.25, -0.2) is 0 Å². The van der Waals surface area contributed by atoms with Crippen LogP contribution in [0.25, 0.3) is 0 Å². The summed E-state index contributed by atoms with van der Waals surface area (Å²) in [6.07, 6.45) is 4.92. The van der Waals surface area contributed by atoms with Gasteiger partial charge in [-0.3, -0.25) is 14.4 Å². The number of carbonyl (C=O) groups is 3. The van der Waals surface area contributed by atoms with Crippen LogP contribution in [0, 0.1) is 0 Å². The number of fused-ring (bicyclic) bond motifs is 3. The zero-order chi connectivity index (χ0) is 26.5. The van der Waals surface area contributed by atoms with Crippen molar-refractivity contribution in [2.75, 3.05) is 33.5 Å². The highest BCUT2D eigenvalue weighted by molar-refractivity contribution is 5.96. The highest BCUT2D eigenvalue weighted by Crippen LogP contribution is 2.51. The molecule has 1 aromatic rings. The minimum atomic E-state index is -1.15. The summed E-state index contributed by atoms with van der Waals surface area (Å²) >= 11 is 0. The molecule has 10 nitrogen and oxygen atoms in total. The molecule has 37 heavy (non-hydrogen) atoms. The second-order valence-corrected chi connectivity index (χ2v) is 9.63. The van der Waals surface area contributed by atoms with E-state index in [0.717, 1.165) is 32.1 Å². The van der Waals surface area contributed by atoms with Gasteiger partial charge in [0.2, 0.25) is 11.8 Å². The number of ether oxygens (including phenoxy) is 3. The van der Waals surface area contributed by atoms with Crippen molar-refractivity contribution in [2.24, 2.45) is 0 Å². The lowest BCUT2D eigenvalue weighted by Gasteiger charge is -2.45. The number of aliphatic hydroxyl groups excluding tert-OH is 2. The smallest absolute Gasteiger partial charge is 0.249 e. The van der Waals surface area contributed by atoms with Gasteiger partial charge in [-0.2, -0.15) is 0 Å². The third-order valence-electron chi connectivity index (χ3n) is 7.42. The van der Waals surface area contributed by atoms with Gasteiger partial charge in [0.25, 0.3) is 0 Å². The van der Waals surface area contributed by atoms with Crippen LogP contribution >= 0.6 is 0 Å². The van der Waals surface area contributed by atoms with Crippen molar-refractivity contribution in [3.8, 4) is 11.5 Å². The summed E-state index contributed by atoms with van der Waals surface area (Å²) in [6, 6.07) is 2.26. The Bertz CT molecular complexity index is 1040. The molecule has 1 aromatic carbocycles. The molecule has 1 saturated carbocycles. The topological polar surface area (TPSA) is 135 Å². The van der Waals surface area contributed by atoms with Gasteiger partial charge in [-0.05, 0) is 38.0 Å². The van der Waals surface area contributed by atoms with Crippen molar-refractivity contribution in [3.63, 3.8) is 0 Å². The normalized spacial score (nSPS) is 24.8. The van der Waals surface area contributed by atoms with Crippen LogP contribution in [0.1, 0.15) is 60.9 Å². The van der Waals surface area contributed by atoms with Gasteiger partial charge < -0.3 is 34.6 Å². The maximum atomic E-state index is 13.4. The summed E-state index contributed by atoms with van der Waals surface area (Å²) in [6.45, 7) is 1.87. The first-order valence-electron chi connectivity index (χ1n) is 13.0. The Morgan fingerprint density at radius 2 is 2.00 bits per heavy atom. The molecular formula is C27H36N2O8. The second kappa shape index (κ2) is 12.1. The minimum absolute atomic E-state index is 0.0435. The SMILES string of the molecule is CCOCC(=O)N(C1CCCCC1)C1C=C(C(=O)NCCO)C2c3cc(C=O)cc(OC)c3OC2C1O. The van der Waals surface area contributed by atoms with Crippen LogP contribution < -0.4 is 14.8 Å². The fourth-order valence-electron chi connectivity index (χ4n) is 5.77. The molecule has 0 spiro atoms. The summed E-state index contributed by atoms with van der Waals surface area (Å²) in [5.41, 5.74) is 1.21. The first-order valence-corrected chi connectivity index (χ1v) is 13.0. The first kappa shape index (κ1) is 27.1. The summed E-state index contributed by atoms with van der Waals surface area (Å²) < 4.78 is 17.1.